The second-order valence-corrected chi connectivity index (χ2v) is 8.19. The van der Waals surface area contributed by atoms with Gasteiger partial charge in [-0.1, -0.05) is 103 Å². The number of hydrogen-bond donors (Lipinski definition) is 0. The first kappa shape index (κ1) is 19.9. The molecule has 0 fully saturated rings. The Bertz CT molecular complexity index is 1040. The van der Waals surface area contributed by atoms with E-state index in [9.17, 15) is 10.1 Å². The summed E-state index contributed by atoms with van der Waals surface area (Å²) >= 11 is 1.85. The number of hydrogen-bond acceptors (Lipinski definition) is 3. The number of non-ortho nitro benzene ring substituents is 1. The molecule has 0 spiro atoms. The minimum Gasteiger partial charge on any atom is -0.258 e. The van der Waals surface area contributed by atoms with Gasteiger partial charge in [0.05, 0.1) is 15.4 Å². The van der Waals surface area contributed by atoms with E-state index in [0.29, 0.717) is 0 Å². The van der Waals surface area contributed by atoms with Gasteiger partial charge in [-0.05, 0) is 22.3 Å². The van der Waals surface area contributed by atoms with E-state index in [2.05, 4.69) is 60.7 Å². The van der Waals surface area contributed by atoms with Gasteiger partial charge in [-0.15, -0.1) is 11.8 Å². The Balaban J connectivity index is 1.76. The highest BCUT2D eigenvalue weighted by Crippen LogP contribution is 2.47. The highest BCUT2D eigenvalue weighted by Gasteiger charge is 2.23. The first-order chi connectivity index (χ1) is 14.7. The Labute approximate surface area is 180 Å². The summed E-state index contributed by atoms with van der Waals surface area (Å²) in [6.45, 7) is 0. The standard InChI is InChI=1S/C26H21NO2S/c28-27(29)24-18-16-23(17-19-24)26(22-14-8-3-9-15-22)30-25(20-10-4-1-5-11-20)21-12-6-2-7-13-21/h1-19,25-26H. The Kier molecular flexibility index (Phi) is 6.26. The predicted molar refractivity (Wildman–Crippen MR) is 124 cm³/mol. The van der Waals surface area contributed by atoms with Gasteiger partial charge >= 0.3 is 0 Å². The van der Waals surface area contributed by atoms with Gasteiger partial charge in [0.15, 0.2) is 0 Å². The van der Waals surface area contributed by atoms with Gasteiger partial charge in [-0.2, -0.15) is 0 Å². The van der Waals surface area contributed by atoms with Crippen LogP contribution >= 0.6 is 11.8 Å². The fraction of sp³-hybridized carbons (Fsp3) is 0.0769. The van der Waals surface area contributed by atoms with Crippen molar-refractivity contribution in [2.45, 2.75) is 10.5 Å². The van der Waals surface area contributed by atoms with Crippen molar-refractivity contribution in [3.63, 3.8) is 0 Å². The summed E-state index contributed by atoms with van der Waals surface area (Å²) in [7, 11) is 0. The van der Waals surface area contributed by atoms with E-state index in [-0.39, 0.29) is 21.1 Å². The summed E-state index contributed by atoms with van der Waals surface area (Å²) in [6, 6.07) is 38.2. The molecule has 0 amide bonds. The lowest BCUT2D eigenvalue weighted by Crippen LogP contribution is -2.04. The van der Waals surface area contributed by atoms with Crippen LogP contribution in [0, 0.1) is 10.1 Å². The van der Waals surface area contributed by atoms with Crippen LogP contribution in [0.15, 0.2) is 115 Å². The van der Waals surface area contributed by atoms with Crippen molar-refractivity contribution in [3.05, 3.63) is 148 Å². The van der Waals surface area contributed by atoms with Crippen molar-refractivity contribution in [1.29, 1.82) is 0 Å². The summed E-state index contributed by atoms with van der Waals surface area (Å²) in [5.41, 5.74) is 4.80. The van der Waals surface area contributed by atoms with Gasteiger partial charge in [0, 0.05) is 12.1 Å². The average molecular weight is 412 g/mol. The van der Waals surface area contributed by atoms with Crippen molar-refractivity contribution < 1.29 is 4.92 Å². The van der Waals surface area contributed by atoms with E-state index in [1.165, 1.54) is 16.7 Å². The Morgan fingerprint density at radius 2 is 0.867 bits per heavy atom. The molecule has 0 aliphatic carbocycles. The fourth-order valence-electron chi connectivity index (χ4n) is 3.49. The number of benzene rings is 4. The molecule has 30 heavy (non-hydrogen) atoms. The molecule has 1 unspecified atom stereocenters. The molecule has 0 heterocycles. The number of nitro benzene ring substituents is 1. The van der Waals surface area contributed by atoms with E-state index < -0.39 is 0 Å². The molecule has 148 valence electrons. The lowest BCUT2D eigenvalue weighted by molar-refractivity contribution is -0.384. The molecule has 4 aromatic rings. The maximum atomic E-state index is 11.1. The van der Waals surface area contributed by atoms with Crippen molar-refractivity contribution in [3.8, 4) is 0 Å². The van der Waals surface area contributed by atoms with Crippen molar-refractivity contribution in [1.82, 2.24) is 0 Å². The monoisotopic (exact) mass is 411 g/mol. The molecule has 0 saturated heterocycles. The molecule has 4 aromatic carbocycles. The van der Waals surface area contributed by atoms with E-state index in [1.54, 1.807) is 12.1 Å². The highest BCUT2D eigenvalue weighted by atomic mass is 32.2. The van der Waals surface area contributed by atoms with Crippen LogP contribution in [-0.4, -0.2) is 4.92 Å². The maximum absolute atomic E-state index is 11.1. The second kappa shape index (κ2) is 9.42. The molecular formula is C26H21NO2S. The molecule has 0 bridgehead atoms. The van der Waals surface area contributed by atoms with Gasteiger partial charge in [-0.3, -0.25) is 10.1 Å². The van der Waals surface area contributed by atoms with Crippen LogP contribution < -0.4 is 0 Å². The van der Waals surface area contributed by atoms with Crippen molar-refractivity contribution in [2.24, 2.45) is 0 Å². The third-order valence-electron chi connectivity index (χ3n) is 4.99. The lowest BCUT2D eigenvalue weighted by Gasteiger charge is -2.25. The Morgan fingerprint density at radius 1 is 0.533 bits per heavy atom. The topological polar surface area (TPSA) is 43.1 Å². The first-order valence-electron chi connectivity index (χ1n) is 9.77. The van der Waals surface area contributed by atoms with E-state index in [0.717, 1.165) is 5.56 Å². The summed E-state index contributed by atoms with van der Waals surface area (Å²) < 4.78 is 0. The molecule has 4 heteroatoms. The summed E-state index contributed by atoms with van der Waals surface area (Å²) in [4.78, 5) is 10.7. The number of nitro groups is 1. The molecule has 3 nitrogen and oxygen atoms in total. The second-order valence-electron chi connectivity index (χ2n) is 6.98. The molecular weight excluding hydrogens is 390 g/mol. The van der Waals surface area contributed by atoms with E-state index in [1.807, 2.05) is 54.2 Å². The van der Waals surface area contributed by atoms with Crippen LogP contribution in [-0.2, 0) is 0 Å². The predicted octanol–water partition coefficient (Wildman–Crippen LogP) is 7.21. The van der Waals surface area contributed by atoms with Crippen LogP contribution in [0.4, 0.5) is 5.69 Å². The first-order valence-corrected chi connectivity index (χ1v) is 10.7. The maximum Gasteiger partial charge on any atom is 0.269 e. The number of thioether (sulfide) groups is 1. The van der Waals surface area contributed by atoms with Gasteiger partial charge in [-0.25, -0.2) is 0 Å². The Morgan fingerprint density at radius 3 is 1.20 bits per heavy atom. The minimum absolute atomic E-state index is 0.0393. The molecule has 0 N–H and O–H groups in total. The minimum atomic E-state index is -0.356. The summed E-state index contributed by atoms with van der Waals surface area (Å²) in [6.07, 6.45) is 0. The number of rotatable bonds is 7. The zero-order valence-electron chi connectivity index (χ0n) is 16.3. The van der Waals surface area contributed by atoms with Crippen LogP contribution in [0.5, 0.6) is 0 Å². The quantitative estimate of drug-likeness (QED) is 0.238. The molecule has 0 aliphatic heterocycles. The SMILES string of the molecule is O=[N+]([O-])c1ccc(C(SC(c2ccccc2)c2ccccc2)c2ccccc2)cc1. The Hall–Kier alpha value is -3.37. The van der Waals surface area contributed by atoms with Crippen LogP contribution in [0.25, 0.3) is 0 Å². The average Bonchev–Trinajstić information content (AvgIpc) is 2.81. The summed E-state index contributed by atoms with van der Waals surface area (Å²) in [5.74, 6) is 0. The smallest absolute Gasteiger partial charge is 0.258 e. The van der Waals surface area contributed by atoms with Crippen LogP contribution in [0.2, 0.25) is 0 Å². The molecule has 0 saturated carbocycles. The van der Waals surface area contributed by atoms with Gasteiger partial charge in [0.2, 0.25) is 0 Å². The number of nitrogens with zero attached hydrogens (tertiary/aromatic N) is 1. The van der Waals surface area contributed by atoms with Gasteiger partial charge < -0.3 is 0 Å². The zero-order chi connectivity index (χ0) is 20.8. The molecule has 4 rings (SSSR count). The van der Waals surface area contributed by atoms with Crippen molar-refractivity contribution in [2.75, 3.05) is 0 Å². The summed E-state index contributed by atoms with van der Waals surface area (Å²) in [5, 5.41) is 11.3. The highest BCUT2D eigenvalue weighted by molar-refractivity contribution is 8.00. The van der Waals surface area contributed by atoms with E-state index in [4.69, 9.17) is 0 Å². The zero-order valence-corrected chi connectivity index (χ0v) is 17.1. The normalized spacial score (nSPS) is 11.9. The largest absolute Gasteiger partial charge is 0.269 e. The lowest BCUT2D eigenvalue weighted by atomic mass is 10.0. The van der Waals surface area contributed by atoms with Crippen LogP contribution in [0.1, 0.15) is 32.8 Å². The van der Waals surface area contributed by atoms with E-state index >= 15 is 0 Å². The van der Waals surface area contributed by atoms with Gasteiger partial charge in [0.1, 0.15) is 0 Å². The third-order valence-corrected chi connectivity index (χ3v) is 6.62. The molecule has 0 radical (unpaired) electrons. The van der Waals surface area contributed by atoms with Gasteiger partial charge in [0.25, 0.3) is 5.69 Å². The fourth-order valence-corrected chi connectivity index (χ4v) is 5.02. The van der Waals surface area contributed by atoms with Crippen molar-refractivity contribution >= 4 is 17.4 Å². The molecule has 0 aromatic heterocycles. The molecule has 1 atom stereocenters. The van der Waals surface area contributed by atoms with Crippen LogP contribution in [0.3, 0.4) is 0 Å². The molecule has 0 aliphatic rings. The third kappa shape index (κ3) is 4.61.